The van der Waals surface area contributed by atoms with E-state index in [1.54, 1.807) is 7.05 Å². The smallest absolute Gasteiger partial charge is 0.213 e. The Balaban J connectivity index is 2.40. The summed E-state index contributed by atoms with van der Waals surface area (Å²) in [6, 6.07) is 0. The Morgan fingerprint density at radius 2 is 2.25 bits per heavy atom. The standard InChI is InChI=1S/C10H22N2O3S/c1-12(16(13,14)7-3-5-11)8-10-4-2-6-15-9-10/h10H,2-9,11H2,1H3. The molecule has 0 radical (unpaired) electrons. The van der Waals surface area contributed by atoms with Gasteiger partial charge in [-0.25, -0.2) is 12.7 Å². The van der Waals surface area contributed by atoms with Gasteiger partial charge in [-0.15, -0.1) is 0 Å². The second-order valence-electron chi connectivity index (χ2n) is 4.32. The van der Waals surface area contributed by atoms with Crippen molar-refractivity contribution in [2.45, 2.75) is 19.3 Å². The minimum Gasteiger partial charge on any atom is -0.381 e. The van der Waals surface area contributed by atoms with E-state index in [2.05, 4.69) is 0 Å². The third-order valence-corrected chi connectivity index (χ3v) is 4.75. The largest absolute Gasteiger partial charge is 0.381 e. The fourth-order valence-corrected chi connectivity index (χ4v) is 3.13. The number of nitrogens with zero attached hydrogens (tertiary/aromatic N) is 1. The molecule has 6 heteroatoms. The van der Waals surface area contributed by atoms with Crippen LogP contribution in [0, 0.1) is 5.92 Å². The molecule has 5 nitrogen and oxygen atoms in total. The first-order valence-electron chi connectivity index (χ1n) is 5.78. The second-order valence-corrected chi connectivity index (χ2v) is 6.52. The van der Waals surface area contributed by atoms with Gasteiger partial charge in [0.1, 0.15) is 0 Å². The molecule has 0 aromatic rings. The van der Waals surface area contributed by atoms with E-state index in [1.165, 1.54) is 4.31 Å². The summed E-state index contributed by atoms with van der Waals surface area (Å²) < 4.78 is 30.4. The number of sulfonamides is 1. The predicted molar refractivity (Wildman–Crippen MR) is 63.6 cm³/mol. The minimum absolute atomic E-state index is 0.146. The molecule has 1 rings (SSSR count). The SMILES string of the molecule is CN(CC1CCCOC1)S(=O)(=O)CCCN. The third-order valence-electron chi connectivity index (χ3n) is 2.85. The number of nitrogens with two attached hydrogens (primary N) is 1. The van der Waals surface area contributed by atoms with Gasteiger partial charge >= 0.3 is 0 Å². The van der Waals surface area contributed by atoms with Crippen LogP contribution in [0.3, 0.4) is 0 Å². The molecule has 1 saturated heterocycles. The van der Waals surface area contributed by atoms with Gasteiger partial charge in [0.05, 0.1) is 12.4 Å². The molecule has 1 heterocycles. The maximum atomic E-state index is 11.8. The van der Waals surface area contributed by atoms with E-state index in [1.807, 2.05) is 0 Å². The number of ether oxygens (including phenoxy) is 1. The lowest BCUT2D eigenvalue weighted by Gasteiger charge is -2.26. The topological polar surface area (TPSA) is 72.6 Å². The Morgan fingerprint density at radius 3 is 2.81 bits per heavy atom. The van der Waals surface area contributed by atoms with Crippen LogP contribution in [0.2, 0.25) is 0 Å². The normalized spacial score (nSPS) is 22.6. The van der Waals surface area contributed by atoms with Gasteiger partial charge in [-0.3, -0.25) is 0 Å². The van der Waals surface area contributed by atoms with Crippen molar-refractivity contribution in [2.75, 3.05) is 39.1 Å². The fourth-order valence-electron chi connectivity index (χ4n) is 1.85. The molecule has 1 aliphatic heterocycles. The highest BCUT2D eigenvalue weighted by molar-refractivity contribution is 7.89. The van der Waals surface area contributed by atoms with Crippen LogP contribution in [0.1, 0.15) is 19.3 Å². The summed E-state index contributed by atoms with van der Waals surface area (Å²) in [5.41, 5.74) is 5.32. The molecule has 16 heavy (non-hydrogen) atoms. The van der Waals surface area contributed by atoms with E-state index in [-0.39, 0.29) is 5.75 Å². The van der Waals surface area contributed by atoms with Crippen LogP contribution in [0.25, 0.3) is 0 Å². The first-order valence-corrected chi connectivity index (χ1v) is 7.39. The van der Waals surface area contributed by atoms with Gasteiger partial charge in [-0.05, 0) is 31.7 Å². The third kappa shape index (κ3) is 4.37. The first kappa shape index (κ1) is 13.9. The van der Waals surface area contributed by atoms with Crippen molar-refractivity contribution in [3.05, 3.63) is 0 Å². The summed E-state index contributed by atoms with van der Waals surface area (Å²) in [7, 11) is -1.48. The highest BCUT2D eigenvalue weighted by Gasteiger charge is 2.22. The summed E-state index contributed by atoms with van der Waals surface area (Å²) >= 11 is 0. The maximum Gasteiger partial charge on any atom is 0.213 e. The van der Waals surface area contributed by atoms with Gasteiger partial charge in [0.25, 0.3) is 0 Å². The molecule has 0 aliphatic carbocycles. The summed E-state index contributed by atoms with van der Waals surface area (Å²) in [6.07, 6.45) is 2.60. The number of hydrogen-bond acceptors (Lipinski definition) is 4. The van der Waals surface area contributed by atoms with Crippen LogP contribution < -0.4 is 5.73 Å². The van der Waals surface area contributed by atoms with Gasteiger partial charge < -0.3 is 10.5 Å². The molecule has 96 valence electrons. The molecule has 2 N–H and O–H groups in total. The van der Waals surface area contributed by atoms with Gasteiger partial charge in [0.2, 0.25) is 10.0 Å². The molecular formula is C10H22N2O3S. The van der Waals surface area contributed by atoms with Crippen molar-refractivity contribution in [3.8, 4) is 0 Å². The number of rotatable bonds is 6. The Kier molecular flexibility index (Phi) is 5.68. The van der Waals surface area contributed by atoms with Crippen molar-refractivity contribution in [2.24, 2.45) is 11.7 Å². The van der Waals surface area contributed by atoms with E-state index in [0.717, 1.165) is 19.4 Å². The molecule has 0 amide bonds. The van der Waals surface area contributed by atoms with Crippen LogP contribution in [-0.2, 0) is 14.8 Å². The second kappa shape index (κ2) is 6.54. The van der Waals surface area contributed by atoms with Gasteiger partial charge in [-0.2, -0.15) is 0 Å². The van der Waals surface area contributed by atoms with E-state index < -0.39 is 10.0 Å². The highest BCUT2D eigenvalue weighted by atomic mass is 32.2. The molecule has 0 bridgehead atoms. The van der Waals surface area contributed by atoms with Crippen LogP contribution in [0.4, 0.5) is 0 Å². The molecule has 1 aliphatic rings. The summed E-state index contributed by atoms with van der Waals surface area (Å²) in [5, 5.41) is 0. The van der Waals surface area contributed by atoms with Gasteiger partial charge in [-0.1, -0.05) is 0 Å². The van der Waals surface area contributed by atoms with Crippen LogP contribution in [0.15, 0.2) is 0 Å². The van der Waals surface area contributed by atoms with Crippen LogP contribution >= 0.6 is 0 Å². The average Bonchev–Trinajstić information content (AvgIpc) is 2.28. The minimum atomic E-state index is -3.12. The number of hydrogen-bond donors (Lipinski definition) is 1. The zero-order valence-corrected chi connectivity index (χ0v) is 10.7. The molecule has 1 atom stereocenters. The Hall–Kier alpha value is -0.170. The van der Waals surface area contributed by atoms with Gasteiger partial charge in [0, 0.05) is 20.2 Å². The fraction of sp³-hybridized carbons (Fsp3) is 1.00. The molecule has 0 aromatic carbocycles. The molecule has 0 saturated carbocycles. The van der Waals surface area contributed by atoms with Crippen molar-refractivity contribution >= 4 is 10.0 Å². The van der Waals surface area contributed by atoms with Crippen LogP contribution in [0.5, 0.6) is 0 Å². The first-order chi connectivity index (χ1) is 7.56. The molecule has 0 aromatic heterocycles. The van der Waals surface area contributed by atoms with E-state index in [4.69, 9.17) is 10.5 Å². The zero-order valence-electron chi connectivity index (χ0n) is 9.89. The van der Waals surface area contributed by atoms with Crippen molar-refractivity contribution in [1.82, 2.24) is 4.31 Å². The van der Waals surface area contributed by atoms with Crippen LogP contribution in [-0.4, -0.2) is 51.8 Å². The summed E-state index contributed by atoms with van der Waals surface area (Å²) in [4.78, 5) is 0. The Bertz CT molecular complexity index is 286. The monoisotopic (exact) mass is 250 g/mol. The highest BCUT2D eigenvalue weighted by Crippen LogP contribution is 2.16. The van der Waals surface area contributed by atoms with Crippen molar-refractivity contribution in [3.63, 3.8) is 0 Å². The maximum absolute atomic E-state index is 11.8. The lowest BCUT2D eigenvalue weighted by atomic mass is 10.0. The zero-order chi connectivity index (χ0) is 12.0. The van der Waals surface area contributed by atoms with E-state index in [0.29, 0.717) is 32.0 Å². The summed E-state index contributed by atoms with van der Waals surface area (Å²) in [5.74, 6) is 0.486. The molecule has 0 spiro atoms. The Labute approximate surface area is 98.0 Å². The predicted octanol–water partition coefficient (Wildman–Crippen LogP) is 0.0234. The Morgan fingerprint density at radius 1 is 1.50 bits per heavy atom. The van der Waals surface area contributed by atoms with E-state index >= 15 is 0 Å². The quantitative estimate of drug-likeness (QED) is 0.721. The molecule has 1 unspecified atom stereocenters. The molecular weight excluding hydrogens is 228 g/mol. The van der Waals surface area contributed by atoms with Crippen molar-refractivity contribution < 1.29 is 13.2 Å². The lowest BCUT2D eigenvalue weighted by molar-refractivity contribution is 0.0495. The summed E-state index contributed by atoms with van der Waals surface area (Å²) in [6.45, 7) is 2.46. The molecule has 1 fully saturated rings. The average molecular weight is 250 g/mol. The van der Waals surface area contributed by atoms with Gasteiger partial charge in [0.15, 0.2) is 0 Å². The van der Waals surface area contributed by atoms with Crippen molar-refractivity contribution in [1.29, 1.82) is 0 Å². The lowest BCUT2D eigenvalue weighted by Crippen LogP contribution is -2.36. The van der Waals surface area contributed by atoms with E-state index in [9.17, 15) is 8.42 Å².